The predicted octanol–water partition coefficient (Wildman–Crippen LogP) is 1.93. The minimum atomic E-state index is -5.08. The molecule has 1 atom stereocenters. The molecule has 0 spiro atoms. The molecule has 0 aromatic heterocycles. The molecular weight excluding hydrogens is 423 g/mol. The van der Waals surface area contributed by atoms with Crippen LogP contribution in [0, 0.1) is 0 Å². The molecule has 0 heterocycles. The van der Waals surface area contributed by atoms with E-state index in [0.29, 0.717) is 5.01 Å². The average Bonchev–Trinajstić information content (AvgIpc) is 2.73. The van der Waals surface area contributed by atoms with Crippen molar-refractivity contribution in [2.45, 2.75) is 25.2 Å². The Hall–Kier alpha value is -3.64. The van der Waals surface area contributed by atoms with Crippen LogP contribution in [0.3, 0.4) is 0 Å². The third-order valence-corrected chi connectivity index (χ3v) is 3.59. The van der Waals surface area contributed by atoms with Gasteiger partial charge in [-0.2, -0.15) is 18.2 Å². The smallest absolute Gasteiger partial charge is 0.490 e. The first-order valence-electron chi connectivity index (χ1n) is 8.54. The van der Waals surface area contributed by atoms with Crippen molar-refractivity contribution in [2.75, 3.05) is 0 Å². The average molecular weight is 443 g/mol. The molecule has 0 aliphatic carbocycles. The van der Waals surface area contributed by atoms with E-state index in [2.05, 4.69) is 0 Å². The maximum absolute atomic E-state index is 12.1. The van der Waals surface area contributed by atoms with E-state index in [1.54, 1.807) is 24.3 Å². The quantitative estimate of drug-likeness (QED) is 0.310. The van der Waals surface area contributed by atoms with Crippen molar-refractivity contribution in [1.29, 1.82) is 0 Å². The van der Waals surface area contributed by atoms with Crippen LogP contribution in [0.4, 0.5) is 18.0 Å². The SMILES string of the molecule is N[C@@H](Cc1ccc(O)cc1)C(=O)N(N)C(=O)OCc1ccccc1.O=C(O)C(F)(F)F. The van der Waals surface area contributed by atoms with Crippen LogP contribution in [0.2, 0.25) is 0 Å². The number of halogens is 3. The number of carboxylic acids is 1. The lowest BCUT2D eigenvalue weighted by Crippen LogP contribution is -2.51. The van der Waals surface area contributed by atoms with Crippen LogP contribution in [0.5, 0.6) is 5.75 Å². The zero-order valence-corrected chi connectivity index (χ0v) is 16.0. The van der Waals surface area contributed by atoms with Crippen molar-refractivity contribution >= 4 is 18.0 Å². The first-order chi connectivity index (χ1) is 14.4. The van der Waals surface area contributed by atoms with Gasteiger partial charge in [-0.3, -0.25) is 4.79 Å². The van der Waals surface area contributed by atoms with Gasteiger partial charge in [0.1, 0.15) is 12.4 Å². The van der Waals surface area contributed by atoms with Gasteiger partial charge in [0.2, 0.25) is 0 Å². The lowest BCUT2D eigenvalue weighted by Gasteiger charge is -2.19. The first kappa shape index (κ1) is 25.4. The summed E-state index contributed by atoms with van der Waals surface area (Å²) in [5.41, 5.74) is 7.31. The van der Waals surface area contributed by atoms with E-state index < -0.39 is 30.2 Å². The highest BCUT2D eigenvalue weighted by Gasteiger charge is 2.38. The normalized spacial score (nSPS) is 11.5. The fourth-order valence-electron chi connectivity index (χ4n) is 2.03. The number of aromatic hydroxyl groups is 1. The van der Waals surface area contributed by atoms with E-state index in [1.807, 2.05) is 18.2 Å². The van der Waals surface area contributed by atoms with E-state index in [-0.39, 0.29) is 18.8 Å². The summed E-state index contributed by atoms with van der Waals surface area (Å²) in [5.74, 6) is 2.10. The van der Waals surface area contributed by atoms with Gasteiger partial charge in [-0.05, 0) is 29.7 Å². The predicted molar refractivity (Wildman–Crippen MR) is 101 cm³/mol. The fraction of sp³-hybridized carbons (Fsp3) is 0.211. The number of nitrogens with two attached hydrogens (primary N) is 2. The number of benzene rings is 2. The van der Waals surface area contributed by atoms with Crippen LogP contribution in [0.1, 0.15) is 11.1 Å². The number of carboxylic acid groups (broad SMARTS) is 1. The number of phenols is 1. The Morgan fingerprint density at radius 3 is 2.00 bits per heavy atom. The number of aliphatic carboxylic acids is 1. The molecular formula is C19H20F3N3O6. The summed E-state index contributed by atoms with van der Waals surface area (Å²) in [4.78, 5) is 32.8. The summed E-state index contributed by atoms with van der Waals surface area (Å²) < 4.78 is 36.7. The van der Waals surface area contributed by atoms with Crippen molar-refractivity contribution in [3.8, 4) is 5.75 Å². The Balaban J connectivity index is 0.000000592. The Morgan fingerprint density at radius 2 is 1.52 bits per heavy atom. The van der Waals surface area contributed by atoms with E-state index in [9.17, 15) is 27.9 Å². The van der Waals surface area contributed by atoms with Crippen LogP contribution >= 0.6 is 0 Å². The van der Waals surface area contributed by atoms with E-state index in [0.717, 1.165) is 11.1 Å². The molecule has 6 N–H and O–H groups in total. The van der Waals surface area contributed by atoms with Crippen molar-refractivity contribution < 1.29 is 42.5 Å². The summed E-state index contributed by atoms with van der Waals surface area (Å²) in [6.07, 6.45) is -5.87. The number of alkyl halides is 3. The van der Waals surface area contributed by atoms with Gasteiger partial charge in [0.05, 0.1) is 6.04 Å². The van der Waals surface area contributed by atoms with Gasteiger partial charge in [-0.15, -0.1) is 0 Å². The minimum Gasteiger partial charge on any atom is -0.508 e. The van der Waals surface area contributed by atoms with Gasteiger partial charge in [0, 0.05) is 0 Å². The third kappa shape index (κ3) is 9.14. The molecule has 2 aromatic rings. The monoisotopic (exact) mass is 443 g/mol. The number of hydrogen-bond donors (Lipinski definition) is 4. The molecule has 2 amide bonds. The van der Waals surface area contributed by atoms with E-state index in [1.165, 1.54) is 12.1 Å². The fourth-order valence-corrected chi connectivity index (χ4v) is 2.03. The number of amides is 2. The van der Waals surface area contributed by atoms with Gasteiger partial charge in [0.25, 0.3) is 5.91 Å². The second-order valence-corrected chi connectivity index (χ2v) is 6.03. The summed E-state index contributed by atoms with van der Waals surface area (Å²) in [7, 11) is 0. The van der Waals surface area contributed by atoms with Crippen LogP contribution in [-0.4, -0.2) is 45.4 Å². The highest BCUT2D eigenvalue weighted by Crippen LogP contribution is 2.13. The molecule has 0 saturated carbocycles. The summed E-state index contributed by atoms with van der Waals surface area (Å²) >= 11 is 0. The zero-order valence-electron chi connectivity index (χ0n) is 16.0. The molecule has 0 radical (unpaired) electrons. The number of rotatable bonds is 5. The number of ether oxygens (including phenoxy) is 1. The molecule has 0 saturated heterocycles. The molecule has 168 valence electrons. The van der Waals surface area contributed by atoms with Crippen molar-refractivity contribution in [3.05, 3.63) is 65.7 Å². The Bertz CT molecular complexity index is 876. The van der Waals surface area contributed by atoms with E-state index >= 15 is 0 Å². The maximum atomic E-state index is 12.1. The Kier molecular flexibility index (Phi) is 9.44. The van der Waals surface area contributed by atoms with Gasteiger partial charge in [-0.25, -0.2) is 15.4 Å². The number of hydrogen-bond acceptors (Lipinski definition) is 7. The molecule has 2 aromatic carbocycles. The molecule has 0 bridgehead atoms. The largest absolute Gasteiger partial charge is 0.508 e. The molecule has 0 aliphatic rings. The molecule has 9 nitrogen and oxygen atoms in total. The van der Waals surface area contributed by atoms with Crippen molar-refractivity contribution in [3.63, 3.8) is 0 Å². The lowest BCUT2D eigenvalue weighted by molar-refractivity contribution is -0.192. The maximum Gasteiger partial charge on any atom is 0.490 e. The molecule has 31 heavy (non-hydrogen) atoms. The summed E-state index contributed by atoms with van der Waals surface area (Å²) in [6.45, 7) is 0.00779. The highest BCUT2D eigenvalue weighted by molar-refractivity contribution is 5.94. The first-order valence-corrected chi connectivity index (χ1v) is 8.54. The number of carbonyl (C=O) groups excluding carboxylic acids is 2. The minimum absolute atomic E-state index is 0.00779. The van der Waals surface area contributed by atoms with Crippen molar-refractivity contribution in [2.24, 2.45) is 11.6 Å². The summed E-state index contributed by atoms with van der Waals surface area (Å²) in [6, 6.07) is 14.3. The molecule has 0 fully saturated rings. The Morgan fingerprint density at radius 1 is 1.00 bits per heavy atom. The number of phenolic OH excluding ortho intramolecular Hbond substituents is 1. The second-order valence-electron chi connectivity index (χ2n) is 6.03. The molecule has 0 aliphatic heterocycles. The van der Waals surface area contributed by atoms with Gasteiger partial charge in [0.15, 0.2) is 0 Å². The van der Waals surface area contributed by atoms with Gasteiger partial charge >= 0.3 is 18.2 Å². The zero-order chi connectivity index (χ0) is 23.6. The standard InChI is InChI=1S/C17H19N3O4.C2HF3O2/c18-15(10-12-6-8-14(21)9-7-12)16(22)20(19)17(23)24-11-13-4-2-1-3-5-13;3-2(4,5)1(6)7/h1-9,15,21H,10-11,18-19H2;(H,6,7)/t15-;/m0./s1. The van der Waals surface area contributed by atoms with Crippen molar-refractivity contribution in [1.82, 2.24) is 5.01 Å². The number of imide groups is 1. The van der Waals surface area contributed by atoms with Crippen LogP contribution in [-0.2, 0) is 27.4 Å². The van der Waals surface area contributed by atoms with Crippen LogP contribution in [0.15, 0.2) is 54.6 Å². The van der Waals surface area contributed by atoms with Crippen LogP contribution in [0.25, 0.3) is 0 Å². The topological polar surface area (TPSA) is 156 Å². The Labute approximate surface area is 174 Å². The highest BCUT2D eigenvalue weighted by atomic mass is 19.4. The molecule has 12 heteroatoms. The van der Waals surface area contributed by atoms with Gasteiger partial charge in [-0.1, -0.05) is 42.5 Å². The third-order valence-electron chi connectivity index (χ3n) is 3.59. The molecule has 2 rings (SSSR count). The number of nitrogens with zero attached hydrogens (tertiary/aromatic N) is 1. The van der Waals surface area contributed by atoms with Gasteiger partial charge < -0.3 is 20.7 Å². The van der Waals surface area contributed by atoms with Crippen LogP contribution < -0.4 is 11.6 Å². The number of hydrazine groups is 1. The lowest BCUT2D eigenvalue weighted by atomic mass is 10.1. The summed E-state index contributed by atoms with van der Waals surface area (Å²) in [5, 5.41) is 16.7. The van der Waals surface area contributed by atoms with E-state index in [4.69, 9.17) is 26.2 Å². The molecule has 0 unspecified atom stereocenters. The second kappa shape index (κ2) is 11.5. The number of carbonyl (C=O) groups is 3.